The molecule has 1 fully saturated rings. The highest BCUT2D eigenvalue weighted by Crippen LogP contribution is 2.34. The molecule has 0 saturated heterocycles. The summed E-state index contributed by atoms with van der Waals surface area (Å²) in [5.41, 5.74) is 0.988. The summed E-state index contributed by atoms with van der Waals surface area (Å²) in [6.07, 6.45) is 5.32. The molecule has 31 heavy (non-hydrogen) atoms. The van der Waals surface area contributed by atoms with Crippen LogP contribution in [0.1, 0.15) is 44.6 Å². The average Bonchev–Trinajstić information content (AvgIpc) is 2.79. The van der Waals surface area contributed by atoms with Gasteiger partial charge in [-0.25, -0.2) is 4.79 Å². The molecule has 0 bridgehead atoms. The van der Waals surface area contributed by atoms with Crippen LogP contribution in [0.2, 0.25) is 0 Å². The van der Waals surface area contributed by atoms with Crippen molar-refractivity contribution in [1.82, 2.24) is 10.6 Å². The Morgan fingerprint density at radius 1 is 1.19 bits per heavy atom. The molecule has 0 spiro atoms. The smallest absolute Gasteiger partial charge is 0.328 e. The van der Waals surface area contributed by atoms with E-state index in [-0.39, 0.29) is 30.5 Å². The van der Waals surface area contributed by atoms with Crippen molar-refractivity contribution in [1.29, 1.82) is 0 Å². The van der Waals surface area contributed by atoms with E-state index in [9.17, 15) is 9.59 Å². The number of amides is 1. The number of nitrogens with one attached hydrogen (secondary N) is 2. The van der Waals surface area contributed by atoms with Crippen LogP contribution in [0, 0.1) is 5.92 Å². The molecule has 1 aromatic rings. The molecule has 3 unspecified atom stereocenters. The van der Waals surface area contributed by atoms with Crippen LogP contribution in [-0.4, -0.2) is 62.3 Å². The Labute approximate surface area is 191 Å². The van der Waals surface area contributed by atoms with Crippen molar-refractivity contribution in [2.75, 3.05) is 33.1 Å². The third-order valence-corrected chi connectivity index (χ3v) is 7.15. The molecule has 4 atom stereocenters. The molecular weight excluding hydrogens is 412 g/mol. The standard InChI is InChI=1S/C24H38N2O4S/c1-4-30-24(28)21(16-18-10-6-5-7-11-18)26-23(27)20-13-12-19(17-22(20)29-3)31-15-9-8-14-25-2/h5-7,10-11,19-22,25H,4,8-9,12-17H2,1-3H3,(H,26,27)/t19?,20?,21-,22?/m0/s1. The van der Waals surface area contributed by atoms with E-state index in [0.29, 0.717) is 11.7 Å². The van der Waals surface area contributed by atoms with Gasteiger partial charge < -0.3 is 20.1 Å². The third-order valence-electron chi connectivity index (χ3n) is 5.73. The van der Waals surface area contributed by atoms with Crippen LogP contribution in [0.3, 0.4) is 0 Å². The van der Waals surface area contributed by atoms with Crippen LogP contribution < -0.4 is 10.6 Å². The number of hydrogen-bond donors (Lipinski definition) is 2. The fraction of sp³-hybridized carbons (Fsp3) is 0.667. The molecule has 2 N–H and O–H groups in total. The largest absolute Gasteiger partial charge is 0.464 e. The molecule has 0 aromatic heterocycles. The lowest BCUT2D eigenvalue weighted by atomic mass is 9.85. The van der Waals surface area contributed by atoms with Gasteiger partial charge in [-0.05, 0) is 63.9 Å². The lowest BCUT2D eigenvalue weighted by Crippen LogP contribution is -2.49. The molecule has 0 heterocycles. The fourth-order valence-electron chi connectivity index (χ4n) is 4.02. The van der Waals surface area contributed by atoms with Gasteiger partial charge in [-0.3, -0.25) is 4.79 Å². The molecule has 1 saturated carbocycles. The predicted molar refractivity (Wildman–Crippen MR) is 126 cm³/mol. The minimum atomic E-state index is -0.688. The van der Waals surface area contributed by atoms with Crippen molar-refractivity contribution in [2.24, 2.45) is 5.92 Å². The second kappa shape index (κ2) is 14.5. The Bertz CT molecular complexity index is 658. The van der Waals surface area contributed by atoms with E-state index in [4.69, 9.17) is 9.47 Å². The van der Waals surface area contributed by atoms with Gasteiger partial charge in [0.05, 0.1) is 18.6 Å². The minimum absolute atomic E-state index is 0.113. The maximum atomic E-state index is 13.1. The zero-order valence-corrected chi connectivity index (χ0v) is 19.9. The summed E-state index contributed by atoms with van der Waals surface area (Å²) in [6, 6.07) is 9.01. The first-order chi connectivity index (χ1) is 15.1. The lowest BCUT2D eigenvalue weighted by Gasteiger charge is -2.35. The van der Waals surface area contributed by atoms with E-state index < -0.39 is 6.04 Å². The number of hydrogen-bond acceptors (Lipinski definition) is 6. The number of benzene rings is 1. The van der Waals surface area contributed by atoms with Crippen LogP contribution in [0.25, 0.3) is 0 Å². The average molecular weight is 451 g/mol. The highest BCUT2D eigenvalue weighted by Gasteiger charge is 2.37. The molecule has 7 heteroatoms. The SMILES string of the molecule is CCOC(=O)[C@H](Cc1ccccc1)NC(=O)C1CCC(SCCCCNC)CC1OC. The van der Waals surface area contributed by atoms with Crippen LogP contribution in [0.5, 0.6) is 0 Å². The molecule has 1 amide bonds. The summed E-state index contributed by atoms with van der Waals surface area (Å²) in [4.78, 5) is 25.6. The molecule has 1 aromatic carbocycles. The van der Waals surface area contributed by atoms with Crippen LogP contribution in [0.4, 0.5) is 0 Å². The van der Waals surface area contributed by atoms with Crippen LogP contribution in [-0.2, 0) is 25.5 Å². The Kier molecular flexibility index (Phi) is 12.0. The number of thioether (sulfide) groups is 1. The van der Waals surface area contributed by atoms with Crippen molar-refractivity contribution >= 4 is 23.6 Å². The number of rotatable bonds is 13. The van der Waals surface area contributed by atoms with Gasteiger partial charge in [0.1, 0.15) is 6.04 Å². The van der Waals surface area contributed by atoms with E-state index in [0.717, 1.165) is 37.1 Å². The van der Waals surface area contributed by atoms with E-state index in [1.54, 1.807) is 14.0 Å². The number of ether oxygens (including phenoxy) is 2. The van der Waals surface area contributed by atoms with Gasteiger partial charge >= 0.3 is 5.97 Å². The summed E-state index contributed by atoms with van der Waals surface area (Å²) in [5.74, 6) is 0.401. The first-order valence-electron chi connectivity index (χ1n) is 11.4. The second-order valence-corrected chi connectivity index (χ2v) is 9.41. The Morgan fingerprint density at radius 2 is 1.97 bits per heavy atom. The quantitative estimate of drug-likeness (QED) is 0.355. The van der Waals surface area contributed by atoms with Crippen LogP contribution >= 0.6 is 11.8 Å². The maximum absolute atomic E-state index is 13.1. The molecule has 0 radical (unpaired) electrons. The number of carbonyl (C=O) groups excluding carboxylic acids is 2. The highest BCUT2D eigenvalue weighted by atomic mass is 32.2. The summed E-state index contributed by atoms with van der Waals surface area (Å²) in [6.45, 7) is 3.12. The van der Waals surface area contributed by atoms with Gasteiger partial charge in [0, 0.05) is 18.8 Å². The third kappa shape index (κ3) is 8.83. The van der Waals surface area contributed by atoms with Crippen molar-refractivity contribution in [2.45, 2.75) is 62.8 Å². The van der Waals surface area contributed by atoms with Crippen molar-refractivity contribution in [3.05, 3.63) is 35.9 Å². The van der Waals surface area contributed by atoms with E-state index in [1.165, 1.54) is 12.8 Å². The minimum Gasteiger partial charge on any atom is -0.464 e. The van der Waals surface area contributed by atoms with Crippen molar-refractivity contribution < 1.29 is 19.1 Å². The first-order valence-corrected chi connectivity index (χ1v) is 12.4. The zero-order chi connectivity index (χ0) is 22.5. The van der Waals surface area contributed by atoms with E-state index in [2.05, 4.69) is 10.6 Å². The molecule has 1 aliphatic rings. The van der Waals surface area contributed by atoms with Crippen LogP contribution in [0.15, 0.2) is 30.3 Å². The van der Waals surface area contributed by atoms with Crippen molar-refractivity contribution in [3.8, 4) is 0 Å². The molecule has 1 aliphatic carbocycles. The summed E-state index contributed by atoms with van der Waals surface area (Å²) < 4.78 is 10.9. The molecule has 6 nitrogen and oxygen atoms in total. The predicted octanol–water partition coefficient (Wildman–Crippen LogP) is 3.19. The zero-order valence-electron chi connectivity index (χ0n) is 19.1. The Morgan fingerprint density at radius 3 is 2.65 bits per heavy atom. The summed E-state index contributed by atoms with van der Waals surface area (Å²) in [5, 5.41) is 6.66. The van der Waals surface area contributed by atoms with E-state index >= 15 is 0 Å². The van der Waals surface area contributed by atoms with Gasteiger partial charge in [-0.15, -0.1) is 0 Å². The van der Waals surface area contributed by atoms with Gasteiger partial charge in [-0.1, -0.05) is 30.3 Å². The fourth-order valence-corrected chi connectivity index (χ4v) is 5.36. The summed E-state index contributed by atoms with van der Waals surface area (Å²) >= 11 is 1.99. The Balaban J connectivity index is 1.92. The van der Waals surface area contributed by atoms with E-state index in [1.807, 2.05) is 49.1 Å². The second-order valence-electron chi connectivity index (χ2n) is 8.00. The van der Waals surface area contributed by atoms with Gasteiger partial charge in [0.25, 0.3) is 0 Å². The molecule has 0 aliphatic heterocycles. The normalized spacial score (nSPS) is 22.0. The first kappa shape index (κ1) is 25.7. The number of methoxy groups -OCH3 is 1. The maximum Gasteiger partial charge on any atom is 0.328 e. The monoisotopic (exact) mass is 450 g/mol. The topological polar surface area (TPSA) is 76.7 Å². The van der Waals surface area contributed by atoms with Gasteiger partial charge in [0.15, 0.2) is 0 Å². The number of unbranched alkanes of at least 4 members (excludes halogenated alkanes) is 1. The van der Waals surface area contributed by atoms with Gasteiger partial charge in [-0.2, -0.15) is 11.8 Å². The number of esters is 1. The summed E-state index contributed by atoms with van der Waals surface area (Å²) in [7, 11) is 3.66. The molecular formula is C24H38N2O4S. The highest BCUT2D eigenvalue weighted by molar-refractivity contribution is 7.99. The van der Waals surface area contributed by atoms with Gasteiger partial charge in [0.2, 0.25) is 5.91 Å². The molecule has 2 rings (SSSR count). The Hall–Kier alpha value is -1.57. The number of carbonyl (C=O) groups is 2. The lowest BCUT2D eigenvalue weighted by molar-refractivity contribution is -0.148. The molecule has 174 valence electrons. The van der Waals surface area contributed by atoms with Crippen molar-refractivity contribution in [3.63, 3.8) is 0 Å².